The van der Waals surface area contributed by atoms with E-state index < -0.39 is 5.97 Å². The Balaban J connectivity index is 1.49. The van der Waals surface area contributed by atoms with Gasteiger partial charge in [-0.1, -0.05) is 18.2 Å². The fraction of sp³-hybridized carbons (Fsp3) is 0.0870. The molecule has 2 N–H and O–H groups in total. The van der Waals surface area contributed by atoms with Crippen molar-refractivity contribution in [3.05, 3.63) is 76.6 Å². The number of hydrogen-bond acceptors (Lipinski definition) is 6. The number of fused-ring (bicyclic) bond motifs is 2. The average molecular weight is 432 g/mol. The van der Waals surface area contributed by atoms with Crippen LogP contribution in [0.1, 0.15) is 22.5 Å². The largest absolute Gasteiger partial charge is 0.493 e. The highest BCUT2D eigenvalue weighted by molar-refractivity contribution is 7.16. The molecule has 0 bridgehead atoms. The summed E-state index contributed by atoms with van der Waals surface area (Å²) in [6, 6.07) is 12.5. The molecule has 0 spiro atoms. The number of nitrogens with one attached hydrogen (secondary N) is 1. The number of furan rings is 1. The Kier molecular flexibility index (Phi) is 4.56. The smallest absolute Gasteiger partial charge is 0.338 e. The first-order valence-corrected chi connectivity index (χ1v) is 10.3. The zero-order valence-corrected chi connectivity index (χ0v) is 17.2. The fourth-order valence-electron chi connectivity index (χ4n) is 3.69. The quantitative estimate of drug-likeness (QED) is 0.478. The number of benzene rings is 2. The normalized spacial score (nSPS) is 13.6. The molecule has 0 saturated heterocycles. The molecule has 31 heavy (non-hydrogen) atoms. The third-order valence-electron chi connectivity index (χ3n) is 5.15. The number of aliphatic carboxylic acids is 1. The Labute approximate surface area is 180 Å². The molecule has 1 aliphatic rings. The molecule has 8 heteroatoms. The summed E-state index contributed by atoms with van der Waals surface area (Å²) in [6.45, 7) is 0. The Morgan fingerprint density at radius 1 is 1.23 bits per heavy atom. The van der Waals surface area contributed by atoms with Crippen molar-refractivity contribution in [1.82, 2.24) is 10.3 Å². The van der Waals surface area contributed by atoms with E-state index >= 15 is 0 Å². The molecule has 0 unspecified atom stereocenters. The number of carboxylic acids is 1. The lowest BCUT2D eigenvalue weighted by atomic mass is 10.1. The third kappa shape index (κ3) is 3.27. The Morgan fingerprint density at radius 2 is 2.10 bits per heavy atom. The van der Waals surface area contributed by atoms with Crippen molar-refractivity contribution in [2.75, 3.05) is 7.11 Å². The maximum Gasteiger partial charge on any atom is 0.338 e. The van der Waals surface area contributed by atoms with E-state index in [1.807, 2.05) is 18.2 Å². The maximum atomic E-state index is 12.8. The summed E-state index contributed by atoms with van der Waals surface area (Å²) in [5, 5.41) is 13.4. The molecule has 1 amide bonds. The summed E-state index contributed by atoms with van der Waals surface area (Å²) in [5.74, 6) is -0.551. The molecule has 0 radical (unpaired) electrons. The first kappa shape index (κ1) is 19.1. The van der Waals surface area contributed by atoms with Gasteiger partial charge >= 0.3 is 5.97 Å². The summed E-state index contributed by atoms with van der Waals surface area (Å²) in [4.78, 5) is 29.1. The summed E-state index contributed by atoms with van der Waals surface area (Å²) in [7, 11) is 1.55. The highest BCUT2D eigenvalue weighted by Crippen LogP contribution is 2.38. The van der Waals surface area contributed by atoms with E-state index in [2.05, 4.69) is 10.3 Å². The van der Waals surface area contributed by atoms with Gasteiger partial charge in [-0.05, 0) is 30.3 Å². The van der Waals surface area contributed by atoms with Gasteiger partial charge in [0.1, 0.15) is 5.76 Å². The molecule has 0 fully saturated rings. The summed E-state index contributed by atoms with van der Waals surface area (Å²) < 4.78 is 12.2. The molecule has 4 aromatic rings. The van der Waals surface area contributed by atoms with Gasteiger partial charge in [0.15, 0.2) is 11.3 Å². The number of rotatable bonds is 5. The van der Waals surface area contributed by atoms with Crippen LogP contribution in [-0.4, -0.2) is 29.1 Å². The number of carbonyl (C=O) groups is 2. The van der Waals surface area contributed by atoms with Gasteiger partial charge in [-0.15, -0.1) is 11.3 Å². The molecule has 5 rings (SSSR count). The molecule has 2 heterocycles. The standard InChI is InChI=1S/C23H16N2O5S/c1-29-17-4-2-3-12-10-18(30-21(12)17)14-6-7-15(20(14)23(27)28)25-22(26)13-5-8-19-16(9-13)24-11-31-19/h2-6,8-11H,7H2,1H3,(H,25,26)(H,27,28). The second-order valence-electron chi connectivity index (χ2n) is 6.96. The van der Waals surface area contributed by atoms with Crippen molar-refractivity contribution in [3.63, 3.8) is 0 Å². The molecule has 0 atom stereocenters. The van der Waals surface area contributed by atoms with Crippen LogP contribution in [0, 0.1) is 0 Å². The van der Waals surface area contributed by atoms with Crippen LogP contribution >= 0.6 is 11.3 Å². The number of carboxylic acid groups (broad SMARTS) is 1. The lowest BCUT2D eigenvalue weighted by Crippen LogP contribution is -2.24. The van der Waals surface area contributed by atoms with E-state index in [1.54, 1.807) is 43.0 Å². The zero-order valence-electron chi connectivity index (χ0n) is 16.3. The van der Waals surface area contributed by atoms with E-state index in [0.717, 1.165) is 15.6 Å². The number of carbonyl (C=O) groups excluding carboxylic acids is 1. The Morgan fingerprint density at radius 3 is 2.90 bits per heavy atom. The number of ether oxygens (including phenoxy) is 1. The molecule has 0 aliphatic heterocycles. The number of hydrogen-bond donors (Lipinski definition) is 2. The number of aromatic nitrogens is 1. The van der Waals surface area contributed by atoms with Gasteiger partial charge in [-0.2, -0.15) is 0 Å². The topological polar surface area (TPSA) is 102 Å². The van der Waals surface area contributed by atoms with E-state index in [-0.39, 0.29) is 17.9 Å². The van der Waals surface area contributed by atoms with Gasteiger partial charge in [-0.3, -0.25) is 4.79 Å². The highest BCUT2D eigenvalue weighted by Gasteiger charge is 2.28. The van der Waals surface area contributed by atoms with Crippen molar-refractivity contribution in [2.45, 2.75) is 6.42 Å². The Bertz CT molecular complexity index is 1430. The molecule has 0 saturated carbocycles. The van der Waals surface area contributed by atoms with Crippen LogP contribution in [0.15, 0.2) is 69.7 Å². The number of para-hydroxylation sites is 1. The predicted octanol–water partition coefficient (Wildman–Crippen LogP) is 4.61. The number of amides is 1. The second-order valence-corrected chi connectivity index (χ2v) is 7.85. The maximum absolute atomic E-state index is 12.8. The van der Waals surface area contributed by atoms with Gasteiger partial charge in [-0.25, -0.2) is 9.78 Å². The summed E-state index contributed by atoms with van der Waals surface area (Å²) in [5.41, 5.74) is 4.16. The number of nitrogens with zero attached hydrogens (tertiary/aromatic N) is 1. The first-order valence-electron chi connectivity index (χ1n) is 9.43. The van der Waals surface area contributed by atoms with Gasteiger partial charge in [0.2, 0.25) is 0 Å². The van der Waals surface area contributed by atoms with E-state index in [4.69, 9.17) is 9.15 Å². The number of thiazole rings is 1. The summed E-state index contributed by atoms with van der Waals surface area (Å²) in [6.07, 6.45) is 2.02. The molecule has 2 aromatic heterocycles. The van der Waals surface area contributed by atoms with Crippen LogP contribution in [0.3, 0.4) is 0 Å². The molecule has 154 valence electrons. The van der Waals surface area contributed by atoms with E-state index in [9.17, 15) is 14.7 Å². The van der Waals surface area contributed by atoms with Crippen LogP contribution in [0.4, 0.5) is 0 Å². The fourth-order valence-corrected chi connectivity index (χ4v) is 4.35. The lowest BCUT2D eigenvalue weighted by Gasteiger charge is -2.09. The van der Waals surface area contributed by atoms with Gasteiger partial charge in [0.05, 0.1) is 28.4 Å². The zero-order chi connectivity index (χ0) is 21.5. The third-order valence-corrected chi connectivity index (χ3v) is 5.96. The Hall–Kier alpha value is -3.91. The van der Waals surface area contributed by atoms with Crippen LogP contribution in [0.5, 0.6) is 5.75 Å². The minimum Gasteiger partial charge on any atom is -0.493 e. The lowest BCUT2D eigenvalue weighted by molar-refractivity contribution is -0.132. The van der Waals surface area contributed by atoms with Crippen molar-refractivity contribution < 1.29 is 23.8 Å². The van der Waals surface area contributed by atoms with Gasteiger partial charge in [0, 0.05) is 28.6 Å². The van der Waals surface area contributed by atoms with Crippen LogP contribution < -0.4 is 10.1 Å². The predicted molar refractivity (Wildman–Crippen MR) is 117 cm³/mol. The second kappa shape index (κ2) is 7.41. The highest BCUT2D eigenvalue weighted by atomic mass is 32.1. The molecular weight excluding hydrogens is 416 g/mol. The van der Waals surface area contributed by atoms with Crippen LogP contribution in [0.2, 0.25) is 0 Å². The first-order chi connectivity index (χ1) is 15.0. The van der Waals surface area contributed by atoms with E-state index in [1.165, 1.54) is 11.3 Å². The SMILES string of the molecule is COc1cccc2cc(C3=CCC(NC(=O)c4ccc5scnc5c4)=C3C(=O)O)oc12. The molecule has 7 nitrogen and oxygen atoms in total. The van der Waals surface area contributed by atoms with Crippen molar-refractivity contribution >= 4 is 50.0 Å². The average Bonchev–Trinajstić information content (AvgIpc) is 3.49. The van der Waals surface area contributed by atoms with Crippen molar-refractivity contribution in [1.29, 1.82) is 0 Å². The molecule has 2 aromatic carbocycles. The van der Waals surface area contributed by atoms with Crippen LogP contribution in [-0.2, 0) is 4.79 Å². The number of allylic oxidation sites excluding steroid dienone is 1. The van der Waals surface area contributed by atoms with Crippen LogP contribution in [0.25, 0.3) is 26.8 Å². The minimum atomic E-state index is -1.14. The van der Waals surface area contributed by atoms with E-state index in [0.29, 0.717) is 33.9 Å². The molecular formula is C23H16N2O5S. The van der Waals surface area contributed by atoms with Crippen molar-refractivity contribution in [2.24, 2.45) is 0 Å². The number of methoxy groups -OCH3 is 1. The van der Waals surface area contributed by atoms with Gasteiger partial charge < -0.3 is 19.6 Å². The summed E-state index contributed by atoms with van der Waals surface area (Å²) >= 11 is 1.49. The molecule has 1 aliphatic carbocycles. The van der Waals surface area contributed by atoms with Gasteiger partial charge in [0.25, 0.3) is 5.91 Å². The minimum absolute atomic E-state index is 0.0149. The van der Waals surface area contributed by atoms with Crippen molar-refractivity contribution in [3.8, 4) is 5.75 Å². The monoisotopic (exact) mass is 432 g/mol.